The zero-order valence-corrected chi connectivity index (χ0v) is 16.0. The summed E-state index contributed by atoms with van der Waals surface area (Å²) in [6, 6.07) is 7.73. The average Bonchev–Trinajstić information content (AvgIpc) is 3.18. The number of nitrogens with zero attached hydrogens (tertiary/aromatic N) is 2. The molecule has 154 valence electrons. The van der Waals surface area contributed by atoms with Crippen molar-refractivity contribution >= 4 is 11.8 Å². The fraction of sp³-hybridized carbons (Fsp3) is 0.300. The molecule has 1 aliphatic heterocycles. The number of amides is 1. The molecule has 0 saturated carbocycles. The molecule has 9 heteroatoms. The maximum Gasteiger partial charge on any atom is 0.243 e. The van der Waals surface area contributed by atoms with Gasteiger partial charge in [-0.05, 0) is 47.0 Å². The molecule has 2 aromatic carbocycles. The van der Waals surface area contributed by atoms with E-state index in [0.717, 1.165) is 5.01 Å². The SMILES string of the molecule is COc1cc(C2OC(c3cc(CO)c(CO)c(CO)c3)=NN2C(C)=O)ccc1O. The zero-order chi connectivity index (χ0) is 21.1. The minimum atomic E-state index is -0.885. The topological polar surface area (TPSA) is 132 Å². The number of ether oxygens (including phenoxy) is 2. The molecule has 0 aromatic heterocycles. The molecule has 0 bridgehead atoms. The summed E-state index contributed by atoms with van der Waals surface area (Å²) < 4.78 is 11.0. The van der Waals surface area contributed by atoms with Crippen LogP contribution in [0.15, 0.2) is 35.4 Å². The van der Waals surface area contributed by atoms with Crippen molar-refractivity contribution in [2.75, 3.05) is 7.11 Å². The molecule has 0 saturated heterocycles. The van der Waals surface area contributed by atoms with Gasteiger partial charge in [-0.2, -0.15) is 5.01 Å². The van der Waals surface area contributed by atoms with E-state index < -0.39 is 6.23 Å². The second-order valence-corrected chi connectivity index (χ2v) is 6.42. The molecule has 0 fully saturated rings. The van der Waals surface area contributed by atoms with Crippen LogP contribution in [-0.2, 0) is 29.4 Å². The highest BCUT2D eigenvalue weighted by Crippen LogP contribution is 2.35. The normalized spacial score (nSPS) is 15.8. The van der Waals surface area contributed by atoms with Crippen LogP contribution in [0, 0.1) is 0 Å². The highest BCUT2D eigenvalue weighted by molar-refractivity contribution is 5.96. The lowest BCUT2D eigenvalue weighted by Gasteiger charge is -2.20. The Hall–Kier alpha value is -3.14. The quantitative estimate of drug-likeness (QED) is 0.569. The number of carbonyl (C=O) groups excluding carboxylic acids is 1. The first-order valence-electron chi connectivity index (χ1n) is 8.83. The molecule has 0 spiro atoms. The average molecular weight is 402 g/mol. The fourth-order valence-corrected chi connectivity index (χ4v) is 3.15. The van der Waals surface area contributed by atoms with Crippen molar-refractivity contribution in [1.82, 2.24) is 5.01 Å². The molecular formula is C20H22N2O7. The van der Waals surface area contributed by atoms with Crippen LogP contribution >= 0.6 is 0 Å². The first-order chi connectivity index (χ1) is 13.9. The summed E-state index contributed by atoms with van der Waals surface area (Å²) in [7, 11) is 1.41. The van der Waals surface area contributed by atoms with Gasteiger partial charge in [0.05, 0.1) is 26.9 Å². The maximum atomic E-state index is 12.1. The molecule has 29 heavy (non-hydrogen) atoms. The Kier molecular flexibility index (Phi) is 6.02. The van der Waals surface area contributed by atoms with Gasteiger partial charge in [-0.3, -0.25) is 4.79 Å². The van der Waals surface area contributed by atoms with E-state index in [2.05, 4.69) is 5.10 Å². The number of benzene rings is 2. The van der Waals surface area contributed by atoms with Crippen LogP contribution < -0.4 is 4.74 Å². The predicted octanol–water partition coefficient (Wildman–Crippen LogP) is 1.12. The molecule has 9 nitrogen and oxygen atoms in total. The largest absolute Gasteiger partial charge is 0.504 e. The molecule has 1 aliphatic rings. The number of aromatic hydroxyl groups is 1. The van der Waals surface area contributed by atoms with Gasteiger partial charge in [-0.25, -0.2) is 0 Å². The second kappa shape index (κ2) is 8.48. The number of aliphatic hydroxyl groups excluding tert-OH is 3. The Labute approximate surface area is 167 Å². The van der Waals surface area contributed by atoms with Gasteiger partial charge in [0.1, 0.15) is 0 Å². The van der Waals surface area contributed by atoms with Crippen molar-refractivity contribution in [2.45, 2.75) is 33.0 Å². The minimum Gasteiger partial charge on any atom is -0.504 e. The summed E-state index contributed by atoms with van der Waals surface area (Å²) >= 11 is 0. The van der Waals surface area contributed by atoms with E-state index in [1.54, 1.807) is 24.3 Å². The number of hydrazone groups is 1. The smallest absolute Gasteiger partial charge is 0.243 e. The van der Waals surface area contributed by atoms with E-state index in [-0.39, 0.29) is 43.1 Å². The van der Waals surface area contributed by atoms with Crippen molar-refractivity contribution in [3.63, 3.8) is 0 Å². The minimum absolute atomic E-state index is 0.0514. The summed E-state index contributed by atoms with van der Waals surface area (Å²) in [5.41, 5.74) is 2.25. The van der Waals surface area contributed by atoms with Gasteiger partial charge in [-0.1, -0.05) is 0 Å². The van der Waals surface area contributed by atoms with Crippen LogP contribution in [0.5, 0.6) is 11.5 Å². The predicted molar refractivity (Wildman–Crippen MR) is 102 cm³/mol. The van der Waals surface area contributed by atoms with Crippen LogP contribution in [0.3, 0.4) is 0 Å². The number of hydrogen-bond donors (Lipinski definition) is 4. The summed E-state index contributed by atoms with van der Waals surface area (Å²) in [5.74, 6) is -0.0788. The van der Waals surface area contributed by atoms with Crippen LogP contribution in [0.25, 0.3) is 0 Å². The molecule has 2 aromatic rings. The number of methoxy groups -OCH3 is 1. The van der Waals surface area contributed by atoms with Gasteiger partial charge < -0.3 is 29.9 Å². The number of rotatable bonds is 6. The maximum absolute atomic E-state index is 12.1. The van der Waals surface area contributed by atoms with Crippen molar-refractivity contribution in [2.24, 2.45) is 5.10 Å². The van der Waals surface area contributed by atoms with Crippen molar-refractivity contribution < 1.29 is 34.7 Å². The lowest BCUT2D eigenvalue weighted by Crippen LogP contribution is -2.25. The van der Waals surface area contributed by atoms with Crippen LogP contribution in [0.4, 0.5) is 0 Å². The molecule has 1 atom stereocenters. The van der Waals surface area contributed by atoms with Gasteiger partial charge >= 0.3 is 0 Å². The lowest BCUT2D eigenvalue weighted by molar-refractivity contribution is -0.135. The Morgan fingerprint density at radius 1 is 1.14 bits per heavy atom. The number of carbonyl (C=O) groups is 1. The summed E-state index contributed by atoms with van der Waals surface area (Å²) in [4.78, 5) is 12.1. The molecule has 0 radical (unpaired) electrons. The first-order valence-corrected chi connectivity index (χ1v) is 8.83. The van der Waals surface area contributed by atoms with E-state index in [1.807, 2.05) is 0 Å². The van der Waals surface area contributed by atoms with Crippen molar-refractivity contribution in [3.8, 4) is 11.5 Å². The third-order valence-corrected chi connectivity index (χ3v) is 4.64. The number of aliphatic hydroxyl groups is 3. The summed E-state index contributed by atoms with van der Waals surface area (Å²) in [5, 5.41) is 44.0. The lowest BCUT2D eigenvalue weighted by atomic mass is 9.98. The van der Waals surface area contributed by atoms with Crippen molar-refractivity contribution in [1.29, 1.82) is 0 Å². The Bertz CT molecular complexity index is 933. The molecule has 0 aliphatic carbocycles. The van der Waals surface area contributed by atoms with Crippen LogP contribution in [0.1, 0.15) is 41.0 Å². The number of phenols is 1. The molecule has 1 unspecified atom stereocenters. The van der Waals surface area contributed by atoms with E-state index in [0.29, 0.717) is 27.8 Å². The van der Waals surface area contributed by atoms with E-state index in [1.165, 1.54) is 20.1 Å². The van der Waals surface area contributed by atoms with E-state index >= 15 is 0 Å². The molecule has 1 heterocycles. The first kappa shape index (κ1) is 20.6. The summed E-state index contributed by atoms with van der Waals surface area (Å²) in [6.45, 7) is 0.306. The van der Waals surface area contributed by atoms with Crippen LogP contribution in [-0.4, -0.2) is 44.3 Å². The van der Waals surface area contributed by atoms with E-state index in [9.17, 15) is 25.2 Å². The van der Waals surface area contributed by atoms with Gasteiger partial charge in [0.15, 0.2) is 11.5 Å². The molecule has 4 N–H and O–H groups in total. The van der Waals surface area contributed by atoms with Gasteiger partial charge in [-0.15, -0.1) is 5.10 Å². The number of hydrogen-bond acceptors (Lipinski definition) is 8. The highest BCUT2D eigenvalue weighted by Gasteiger charge is 2.34. The van der Waals surface area contributed by atoms with Crippen molar-refractivity contribution in [3.05, 3.63) is 58.1 Å². The Morgan fingerprint density at radius 3 is 2.31 bits per heavy atom. The summed E-state index contributed by atoms with van der Waals surface area (Å²) in [6.07, 6.45) is -0.885. The number of phenolic OH excluding ortho intramolecular Hbond substituents is 1. The fourth-order valence-electron chi connectivity index (χ4n) is 3.15. The molecule has 1 amide bonds. The second-order valence-electron chi connectivity index (χ2n) is 6.42. The standard InChI is InChI=1S/C20H22N2O7/c1-11(26)22-20(12-3-4-17(27)18(7-12)28-2)29-19(21-22)13-5-14(8-23)16(10-25)15(6-13)9-24/h3-7,20,23-25,27H,8-10H2,1-2H3. The third-order valence-electron chi connectivity index (χ3n) is 4.64. The van der Waals surface area contributed by atoms with Gasteiger partial charge in [0, 0.05) is 18.1 Å². The molecular weight excluding hydrogens is 380 g/mol. The third kappa shape index (κ3) is 3.88. The van der Waals surface area contributed by atoms with Gasteiger partial charge in [0.2, 0.25) is 18.0 Å². The van der Waals surface area contributed by atoms with E-state index in [4.69, 9.17) is 9.47 Å². The Morgan fingerprint density at radius 2 is 1.79 bits per heavy atom. The molecule has 3 rings (SSSR count). The monoisotopic (exact) mass is 402 g/mol. The highest BCUT2D eigenvalue weighted by atomic mass is 16.5. The van der Waals surface area contributed by atoms with Gasteiger partial charge in [0.25, 0.3) is 0 Å². The Balaban J connectivity index is 2.02. The van der Waals surface area contributed by atoms with Crippen LogP contribution in [0.2, 0.25) is 0 Å². The zero-order valence-electron chi connectivity index (χ0n) is 16.0.